The molecule has 0 aliphatic carbocycles. The van der Waals surface area contributed by atoms with E-state index < -0.39 is 5.97 Å². The molecule has 0 saturated carbocycles. The summed E-state index contributed by atoms with van der Waals surface area (Å²) in [7, 11) is 5.54. The fraction of sp³-hybridized carbons (Fsp3) is 0.171. The highest BCUT2D eigenvalue weighted by Crippen LogP contribution is 2.42. The van der Waals surface area contributed by atoms with Gasteiger partial charge in [0.05, 0.1) is 18.4 Å². The average Bonchev–Trinajstić information content (AvgIpc) is 3.35. The van der Waals surface area contributed by atoms with E-state index in [2.05, 4.69) is 11.4 Å². The topological polar surface area (TPSA) is 85.7 Å². The molecule has 1 N–H and O–H groups in total. The van der Waals surface area contributed by atoms with Gasteiger partial charge in [-0.15, -0.1) is 0 Å². The Morgan fingerprint density at radius 3 is 2.19 bits per heavy atom. The number of amides is 1. The van der Waals surface area contributed by atoms with Crippen LogP contribution in [0.15, 0.2) is 91.0 Å². The van der Waals surface area contributed by atoms with Crippen LogP contribution in [0.3, 0.4) is 0 Å². The first-order valence-corrected chi connectivity index (χ1v) is 13.9. The number of methoxy groups -OCH3 is 1. The number of esters is 1. The Labute approximate surface area is 251 Å². The van der Waals surface area contributed by atoms with Crippen LogP contribution in [0.5, 0.6) is 11.6 Å². The number of carbonyl (C=O) groups excluding carboxylic acids is 2. The first-order valence-electron chi connectivity index (χ1n) is 13.9. The Morgan fingerprint density at radius 2 is 1.56 bits per heavy atom. The molecule has 0 bridgehead atoms. The van der Waals surface area contributed by atoms with E-state index in [9.17, 15) is 9.59 Å². The molecule has 8 nitrogen and oxygen atoms in total. The summed E-state index contributed by atoms with van der Waals surface area (Å²) in [6, 6.07) is 28.5. The number of carbonyl (C=O) groups is 2. The van der Waals surface area contributed by atoms with Crippen LogP contribution in [0.1, 0.15) is 28.4 Å². The Bertz CT molecular complexity index is 1790. The van der Waals surface area contributed by atoms with Gasteiger partial charge in [-0.2, -0.15) is 9.78 Å². The summed E-state index contributed by atoms with van der Waals surface area (Å²) in [6.07, 6.45) is 0. The molecule has 0 saturated heterocycles. The van der Waals surface area contributed by atoms with E-state index in [-0.39, 0.29) is 5.91 Å². The van der Waals surface area contributed by atoms with Crippen molar-refractivity contribution in [3.63, 3.8) is 0 Å². The Kier molecular flexibility index (Phi) is 8.29. The number of anilines is 2. The van der Waals surface area contributed by atoms with Gasteiger partial charge in [-0.3, -0.25) is 9.59 Å². The van der Waals surface area contributed by atoms with Gasteiger partial charge in [0, 0.05) is 43.5 Å². The summed E-state index contributed by atoms with van der Waals surface area (Å²) < 4.78 is 12.8. The van der Waals surface area contributed by atoms with Gasteiger partial charge in [-0.05, 0) is 73.5 Å². The fourth-order valence-corrected chi connectivity index (χ4v) is 4.91. The van der Waals surface area contributed by atoms with Gasteiger partial charge in [0.1, 0.15) is 11.4 Å². The third kappa shape index (κ3) is 6.28. The van der Waals surface area contributed by atoms with Crippen molar-refractivity contribution in [2.45, 2.75) is 20.8 Å². The third-order valence-electron chi connectivity index (χ3n) is 7.08. The van der Waals surface area contributed by atoms with Crippen LogP contribution in [0.25, 0.3) is 28.1 Å². The van der Waals surface area contributed by atoms with Crippen molar-refractivity contribution in [2.75, 3.05) is 31.4 Å². The zero-order chi connectivity index (χ0) is 30.7. The van der Waals surface area contributed by atoms with E-state index in [0.717, 1.165) is 33.6 Å². The van der Waals surface area contributed by atoms with Gasteiger partial charge in [0.15, 0.2) is 0 Å². The first kappa shape index (κ1) is 29.1. The van der Waals surface area contributed by atoms with E-state index in [1.807, 2.05) is 93.5 Å². The van der Waals surface area contributed by atoms with Crippen LogP contribution in [0.4, 0.5) is 11.4 Å². The summed E-state index contributed by atoms with van der Waals surface area (Å²) in [4.78, 5) is 27.3. The molecule has 0 radical (unpaired) electrons. The van der Waals surface area contributed by atoms with E-state index in [1.165, 1.54) is 6.92 Å². The molecule has 0 aliphatic heterocycles. The number of ether oxygens (including phenoxy) is 2. The maximum atomic E-state index is 12.9. The van der Waals surface area contributed by atoms with Crippen LogP contribution in [0.2, 0.25) is 0 Å². The Hall–Kier alpha value is -5.37. The van der Waals surface area contributed by atoms with Gasteiger partial charge in [0.25, 0.3) is 5.91 Å². The number of nitrogens with one attached hydrogen (secondary N) is 1. The molecular formula is C35H34N4O4. The fourth-order valence-electron chi connectivity index (χ4n) is 4.91. The van der Waals surface area contributed by atoms with Gasteiger partial charge < -0.3 is 19.7 Å². The zero-order valence-electron chi connectivity index (χ0n) is 25.1. The predicted octanol–water partition coefficient (Wildman–Crippen LogP) is 7.08. The lowest BCUT2D eigenvalue weighted by Gasteiger charge is -2.13. The molecule has 5 rings (SSSR count). The molecule has 0 aliphatic rings. The van der Waals surface area contributed by atoms with Gasteiger partial charge in [-0.1, -0.05) is 48.0 Å². The Balaban J connectivity index is 1.62. The van der Waals surface area contributed by atoms with E-state index in [4.69, 9.17) is 14.6 Å². The molecule has 0 unspecified atom stereocenters. The quantitative estimate of drug-likeness (QED) is 0.200. The molecule has 1 amide bonds. The van der Waals surface area contributed by atoms with E-state index in [1.54, 1.807) is 36.1 Å². The van der Waals surface area contributed by atoms with E-state index in [0.29, 0.717) is 34.1 Å². The van der Waals surface area contributed by atoms with Gasteiger partial charge in [0.2, 0.25) is 5.88 Å². The number of nitrogens with zero attached hydrogens (tertiary/aromatic N) is 3. The second kappa shape index (κ2) is 12.2. The van der Waals surface area contributed by atoms with Crippen molar-refractivity contribution >= 4 is 23.3 Å². The van der Waals surface area contributed by atoms with Crippen molar-refractivity contribution in [2.24, 2.45) is 0 Å². The summed E-state index contributed by atoms with van der Waals surface area (Å²) in [5.41, 5.74) is 8.04. The minimum absolute atomic E-state index is 0.253. The van der Waals surface area contributed by atoms with Crippen LogP contribution >= 0.6 is 0 Å². The smallest absolute Gasteiger partial charge is 0.309 e. The molecule has 4 aromatic carbocycles. The highest BCUT2D eigenvalue weighted by Gasteiger charge is 2.25. The monoisotopic (exact) mass is 574 g/mol. The zero-order valence-corrected chi connectivity index (χ0v) is 25.1. The summed E-state index contributed by atoms with van der Waals surface area (Å²) in [5, 5.41) is 7.95. The SMILES string of the molecule is COc1cccc(C(=O)Nc2ccc(-c3c(-c4ccc(N(C)C)cc4)nn(-c4ccc(C)cc4C)c3OC(C)=O)cc2)c1. The number of hydrogen-bond donors (Lipinski definition) is 1. The average molecular weight is 575 g/mol. The largest absolute Gasteiger partial charge is 0.497 e. The maximum absolute atomic E-state index is 12.9. The van der Waals surface area contributed by atoms with Crippen LogP contribution < -0.4 is 19.7 Å². The summed E-state index contributed by atoms with van der Waals surface area (Å²) >= 11 is 0. The molecule has 43 heavy (non-hydrogen) atoms. The van der Waals surface area contributed by atoms with Crippen LogP contribution in [-0.2, 0) is 4.79 Å². The van der Waals surface area contributed by atoms with Crippen molar-refractivity contribution in [3.8, 4) is 39.7 Å². The van der Waals surface area contributed by atoms with Crippen molar-refractivity contribution in [1.82, 2.24) is 9.78 Å². The van der Waals surface area contributed by atoms with Crippen molar-refractivity contribution < 1.29 is 19.1 Å². The molecule has 0 spiro atoms. The van der Waals surface area contributed by atoms with Gasteiger partial charge >= 0.3 is 5.97 Å². The molecule has 0 atom stereocenters. The Morgan fingerprint density at radius 1 is 0.860 bits per heavy atom. The normalized spacial score (nSPS) is 10.7. The molecule has 0 fully saturated rings. The lowest BCUT2D eigenvalue weighted by molar-refractivity contribution is -0.132. The first-order chi connectivity index (χ1) is 20.6. The lowest BCUT2D eigenvalue weighted by atomic mass is 10.0. The van der Waals surface area contributed by atoms with Crippen molar-refractivity contribution in [1.29, 1.82) is 0 Å². The number of aryl methyl sites for hydroxylation is 2. The predicted molar refractivity (Wildman–Crippen MR) is 170 cm³/mol. The summed E-state index contributed by atoms with van der Waals surface area (Å²) in [6.45, 7) is 5.42. The molecule has 1 heterocycles. The molecule has 1 aromatic heterocycles. The number of hydrogen-bond acceptors (Lipinski definition) is 6. The minimum Gasteiger partial charge on any atom is -0.497 e. The number of rotatable bonds is 8. The maximum Gasteiger partial charge on any atom is 0.309 e. The standard InChI is InChI=1S/C35H34N4O4/c1-22-10-19-31(23(2)20-22)39-35(43-24(3)40)32(33(37-39)26-13-17-29(18-14-26)38(4)5)25-11-15-28(16-12-25)36-34(41)27-8-7-9-30(21-27)42-6/h7-21H,1-6H3,(H,36,41). The second-order valence-electron chi connectivity index (χ2n) is 10.5. The molecule has 218 valence electrons. The molecule has 5 aromatic rings. The van der Waals surface area contributed by atoms with Crippen molar-refractivity contribution in [3.05, 3.63) is 108 Å². The second-order valence-corrected chi connectivity index (χ2v) is 10.5. The molecular weight excluding hydrogens is 540 g/mol. The van der Waals surface area contributed by atoms with E-state index >= 15 is 0 Å². The van der Waals surface area contributed by atoms with Crippen LogP contribution in [-0.4, -0.2) is 42.9 Å². The van der Waals surface area contributed by atoms with Gasteiger partial charge in [-0.25, -0.2) is 0 Å². The summed E-state index contributed by atoms with van der Waals surface area (Å²) in [5.74, 6) is 0.215. The highest BCUT2D eigenvalue weighted by molar-refractivity contribution is 6.04. The highest BCUT2D eigenvalue weighted by atomic mass is 16.5. The van der Waals surface area contributed by atoms with Crippen LogP contribution in [0, 0.1) is 13.8 Å². The lowest BCUT2D eigenvalue weighted by Crippen LogP contribution is -2.11. The number of benzene rings is 4. The number of aromatic nitrogens is 2. The minimum atomic E-state index is -0.455. The third-order valence-corrected chi connectivity index (χ3v) is 7.08. The molecule has 8 heteroatoms.